The Morgan fingerprint density at radius 3 is 1.85 bits per heavy atom. The smallest absolute Gasteiger partial charge is 0.124 e. The molecule has 0 aliphatic heterocycles. The normalized spacial score (nSPS) is 19.1. The van der Waals surface area contributed by atoms with Crippen molar-refractivity contribution in [2.75, 3.05) is 0 Å². The second-order valence-corrected chi connectivity index (χ2v) is 6.07. The predicted molar refractivity (Wildman–Crippen MR) is 114 cm³/mol. The molecule has 27 heavy (non-hydrogen) atoms. The molecular weight excluding hydrogens is 394 g/mol. The number of benzene rings is 2. The maximum absolute atomic E-state index is 11.8. The minimum absolute atomic E-state index is 0. The van der Waals surface area contributed by atoms with Gasteiger partial charge in [-0.25, -0.2) is 0 Å². The van der Waals surface area contributed by atoms with E-state index in [0.29, 0.717) is 5.56 Å². The number of phenols is 1. The summed E-state index contributed by atoms with van der Waals surface area (Å²) in [4.78, 5) is 9.28. The van der Waals surface area contributed by atoms with Crippen molar-refractivity contribution >= 4 is 32.2 Å². The molecule has 4 nitrogen and oxygen atoms in total. The van der Waals surface area contributed by atoms with Crippen molar-refractivity contribution < 1.29 is 10.2 Å². The fourth-order valence-corrected chi connectivity index (χ4v) is 2.98. The third-order valence-corrected chi connectivity index (χ3v) is 4.36. The van der Waals surface area contributed by atoms with Gasteiger partial charge in [0.1, 0.15) is 5.75 Å². The van der Waals surface area contributed by atoms with Crippen molar-refractivity contribution in [2.45, 2.75) is 52.6 Å². The average molecular weight is 423 g/mol. The van der Waals surface area contributed by atoms with Crippen molar-refractivity contribution in [1.82, 2.24) is 0 Å². The quantitative estimate of drug-likeness (QED) is 0.592. The number of aliphatic imine (C=N–C) groups is 2. The molecule has 1 aliphatic carbocycles. The van der Waals surface area contributed by atoms with Gasteiger partial charge >= 0.3 is 0 Å². The second kappa shape index (κ2) is 12.4. The maximum atomic E-state index is 11.8. The molecule has 0 saturated heterocycles. The number of phenolic OH excluding ortho intramolecular Hbond substituents is 1. The van der Waals surface area contributed by atoms with E-state index in [2.05, 4.69) is 9.98 Å². The summed E-state index contributed by atoms with van der Waals surface area (Å²) in [6, 6.07) is 14.3. The average Bonchev–Trinajstić information content (AvgIpc) is 2.61. The first-order valence-corrected chi connectivity index (χ1v) is 8.34. The number of aromatic hydroxyl groups is 1. The summed E-state index contributed by atoms with van der Waals surface area (Å²) in [7, 11) is 0. The number of rotatable bonds is 4. The fourth-order valence-electron chi connectivity index (χ4n) is 2.98. The number of hydrogen-bond donors (Lipinski definition) is 1. The first-order chi connectivity index (χ1) is 11.7. The van der Waals surface area contributed by atoms with E-state index >= 15 is 0 Å². The van der Waals surface area contributed by atoms with E-state index in [1.807, 2.05) is 18.2 Å². The van der Waals surface area contributed by atoms with Gasteiger partial charge in [-0.1, -0.05) is 64.1 Å². The van der Waals surface area contributed by atoms with E-state index in [-0.39, 0.29) is 58.2 Å². The largest absolute Gasteiger partial charge is 0.872 e. The van der Waals surface area contributed by atoms with E-state index in [0.717, 1.165) is 31.2 Å². The first kappa shape index (κ1) is 25.0. The molecule has 0 spiro atoms. The Kier molecular flexibility index (Phi) is 11.5. The molecule has 2 aromatic rings. The molecule has 1 aliphatic rings. The van der Waals surface area contributed by atoms with Crippen LogP contribution >= 0.6 is 0 Å². The molecule has 2 aromatic carbocycles. The third kappa shape index (κ3) is 6.92. The molecule has 5 heteroatoms. The SMILES string of the molecule is C.C.[Ga].[O-]c1ccccc1C=N[C@@H]1CCCC[C@H]1N=Cc1ccccc1O. The van der Waals surface area contributed by atoms with Crippen LogP contribution in [0.15, 0.2) is 58.5 Å². The number of nitrogens with zero attached hydrogens (tertiary/aromatic N) is 2. The zero-order valence-electron chi connectivity index (χ0n) is 14.1. The minimum Gasteiger partial charge on any atom is -0.872 e. The van der Waals surface area contributed by atoms with Gasteiger partial charge in [-0.05, 0) is 30.5 Å². The first-order valence-electron chi connectivity index (χ1n) is 8.34. The second-order valence-electron chi connectivity index (χ2n) is 6.07. The van der Waals surface area contributed by atoms with Crippen molar-refractivity contribution in [3.8, 4) is 11.5 Å². The standard InChI is InChI=1S/C20H22N2O2.2CH4.Ga/c23-19-11-5-1-7-15(19)13-21-17-9-3-4-10-18(17)22-14-16-8-2-6-12-20(16)24;;;/h1-2,5-8,11-14,17-18,23-24H,3-4,9-10H2;2*1H4;/p-1/t17-,18-;;;/m1.../s1. The number of hydrogen-bond acceptors (Lipinski definition) is 4. The van der Waals surface area contributed by atoms with E-state index in [1.165, 1.54) is 0 Å². The van der Waals surface area contributed by atoms with E-state index in [4.69, 9.17) is 0 Å². The van der Waals surface area contributed by atoms with Gasteiger partial charge in [0.25, 0.3) is 0 Å². The molecule has 3 rings (SSSR count). The molecule has 2 atom stereocenters. The van der Waals surface area contributed by atoms with Crippen molar-refractivity contribution in [2.24, 2.45) is 9.98 Å². The predicted octanol–water partition coefficient (Wildman–Crippen LogP) is 4.21. The number of para-hydroxylation sites is 2. The Morgan fingerprint density at radius 2 is 1.30 bits per heavy atom. The molecule has 1 saturated carbocycles. The van der Waals surface area contributed by atoms with Gasteiger partial charge in [0.15, 0.2) is 0 Å². The Bertz CT molecular complexity index is 683. The third-order valence-electron chi connectivity index (χ3n) is 4.36. The van der Waals surface area contributed by atoms with Crippen LogP contribution in [0.25, 0.3) is 0 Å². The molecule has 3 radical (unpaired) electrons. The molecule has 143 valence electrons. The fraction of sp³-hybridized carbons (Fsp3) is 0.364. The molecule has 1 N–H and O–H groups in total. The molecule has 1 fully saturated rings. The Morgan fingerprint density at radius 1 is 0.815 bits per heavy atom. The van der Waals surface area contributed by atoms with E-state index in [9.17, 15) is 10.2 Å². The van der Waals surface area contributed by atoms with Crippen LogP contribution in [0.2, 0.25) is 0 Å². The summed E-state index contributed by atoms with van der Waals surface area (Å²) in [6.07, 6.45) is 7.62. The summed E-state index contributed by atoms with van der Waals surface area (Å²) in [5.41, 5.74) is 1.34. The monoisotopic (exact) mass is 422 g/mol. The Balaban J connectivity index is 0.00000225. The van der Waals surface area contributed by atoms with Crippen LogP contribution in [0.4, 0.5) is 0 Å². The summed E-state index contributed by atoms with van der Waals surface area (Å²) < 4.78 is 0. The van der Waals surface area contributed by atoms with Crippen LogP contribution in [0.5, 0.6) is 11.5 Å². The topological polar surface area (TPSA) is 68.0 Å². The van der Waals surface area contributed by atoms with Crippen LogP contribution in [-0.2, 0) is 0 Å². The maximum Gasteiger partial charge on any atom is 0.124 e. The molecule has 0 aromatic heterocycles. The van der Waals surface area contributed by atoms with Gasteiger partial charge in [-0.3, -0.25) is 9.98 Å². The summed E-state index contributed by atoms with van der Waals surface area (Å²) in [5.74, 6) is 0.226. The van der Waals surface area contributed by atoms with Crippen LogP contribution in [0.1, 0.15) is 51.7 Å². The molecule has 0 unspecified atom stereocenters. The Labute approximate surface area is 176 Å². The van der Waals surface area contributed by atoms with Gasteiger partial charge in [-0.15, -0.1) is 5.75 Å². The van der Waals surface area contributed by atoms with Gasteiger partial charge in [0.2, 0.25) is 0 Å². The van der Waals surface area contributed by atoms with Gasteiger partial charge in [0.05, 0.1) is 12.1 Å². The van der Waals surface area contributed by atoms with Crippen molar-refractivity contribution in [3.63, 3.8) is 0 Å². The van der Waals surface area contributed by atoms with Gasteiger partial charge in [-0.2, -0.15) is 0 Å². The van der Waals surface area contributed by atoms with Crippen LogP contribution < -0.4 is 5.11 Å². The van der Waals surface area contributed by atoms with Gasteiger partial charge in [0, 0.05) is 37.8 Å². The van der Waals surface area contributed by atoms with Crippen LogP contribution in [0.3, 0.4) is 0 Å². The summed E-state index contributed by atoms with van der Waals surface area (Å²) in [6.45, 7) is 0. The summed E-state index contributed by atoms with van der Waals surface area (Å²) >= 11 is 0. The molecule has 0 amide bonds. The molecule has 0 bridgehead atoms. The molecular formula is C22H29GaN2O2-. The van der Waals surface area contributed by atoms with Crippen molar-refractivity contribution in [1.29, 1.82) is 0 Å². The zero-order valence-corrected chi connectivity index (χ0v) is 16.5. The van der Waals surface area contributed by atoms with Gasteiger partial charge < -0.3 is 10.2 Å². The van der Waals surface area contributed by atoms with E-state index < -0.39 is 0 Å². The zero-order chi connectivity index (χ0) is 16.8. The van der Waals surface area contributed by atoms with Crippen LogP contribution in [0, 0.1) is 0 Å². The van der Waals surface area contributed by atoms with E-state index in [1.54, 1.807) is 42.8 Å². The van der Waals surface area contributed by atoms with Crippen molar-refractivity contribution in [3.05, 3.63) is 59.7 Å². The summed E-state index contributed by atoms with van der Waals surface area (Å²) in [5, 5.41) is 21.6. The van der Waals surface area contributed by atoms with Crippen LogP contribution in [-0.4, -0.2) is 49.4 Å². The minimum atomic E-state index is -0.00804. The Hall–Kier alpha value is -1.98. The molecule has 0 heterocycles.